The van der Waals surface area contributed by atoms with Crippen molar-refractivity contribution in [2.24, 2.45) is 0 Å². The quantitative estimate of drug-likeness (QED) is 0.384. The van der Waals surface area contributed by atoms with E-state index in [1.807, 2.05) is 0 Å². The van der Waals surface area contributed by atoms with Crippen molar-refractivity contribution in [3.05, 3.63) is 36.5 Å². The van der Waals surface area contributed by atoms with Gasteiger partial charge in [0.15, 0.2) is 0 Å². The zero-order valence-corrected chi connectivity index (χ0v) is 7.59. The zero-order valence-electron chi connectivity index (χ0n) is 7.59. The van der Waals surface area contributed by atoms with Gasteiger partial charge in [-0.2, -0.15) is 0 Å². The van der Waals surface area contributed by atoms with Gasteiger partial charge in [-0.3, -0.25) is 0 Å². The van der Waals surface area contributed by atoms with Gasteiger partial charge in [0.05, 0.1) is 0 Å². The van der Waals surface area contributed by atoms with Crippen LogP contribution in [0.25, 0.3) is 0 Å². The molecule has 14 heavy (non-hydrogen) atoms. The van der Waals surface area contributed by atoms with Crippen LogP contribution in [0.4, 0.5) is 0 Å². The lowest BCUT2D eigenvalue weighted by Gasteiger charge is -1.84. The van der Waals surface area contributed by atoms with E-state index in [2.05, 4.69) is 0 Å². The standard InChI is InChI=1S/C10H12O4/c11-9(12)7-5-3-1-2-4-6-8-10(13)14/h1,3,5-8H,2,4H2,(H,11,12)(H,13,14). The van der Waals surface area contributed by atoms with Crippen LogP contribution in [-0.2, 0) is 9.59 Å². The van der Waals surface area contributed by atoms with Crippen molar-refractivity contribution in [2.45, 2.75) is 12.8 Å². The summed E-state index contributed by atoms with van der Waals surface area (Å²) in [5, 5.41) is 16.5. The van der Waals surface area contributed by atoms with E-state index in [1.54, 1.807) is 18.2 Å². The second-order valence-corrected chi connectivity index (χ2v) is 2.44. The number of unbranched alkanes of at least 4 members (excludes halogenated alkanes) is 1. The van der Waals surface area contributed by atoms with Gasteiger partial charge >= 0.3 is 11.9 Å². The molecule has 0 heterocycles. The molecule has 0 rings (SSSR count). The third-order valence-electron chi connectivity index (χ3n) is 1.25. The Morgan fingerprint density at radius 1 is 0.857 bits per heavy atom. The summed E-state index contributed by atoms with van der Waals surface area (Å²) < 4.78 is 0. The number of carboxylic acid groups (broad SMARTS) is 2. The molecule has 0 saturated heterocycles. The number of hydrogen-bond donors (Lipinski definition) is 2. The third-order valence-corrected chi connectivity index (χ3v) is 1.25. The minimum absolute atomic E-state index is 0.629. The highest BCUT2D eigenvalue weighted by Gasteiger charge is 1.83. The van der Waals surface area contributed by atoms with E-state index < -0.39 is 11.9 Å². The molecule has 0 amide bonds. The number of hydrogen-bond acceptors (Lipinski definition) is 2. The molecule has 0 aromatic carbocycles. The minimum atomic E-state index is -0.986. The molecular weight excluding hydrogens is 184 g/mol. The van der Waals surface area contributed by atoms with Gasteiger partial charge in [0.1, 0.15) is 0 Å². The van der Waals surface area contributed by atoms with Crippen LogP contribution in [0.2, 0.25) is 0 Å². The molecule has 0 saturated carbocycles. The number of allylic oxidation sites excluding steroid dienone is 4. The van der Waals surface area contributed by atoms with Gasteiger partial charge < -0.3 is 10.2 Å². The van der Waals surface area contributed by atoms with Crippen LogP contribution in [0.3, 0.4) is 0 Å². The lowest BCUT2D eigenvalue weighted by Crippen LogP contribution is -1.85. The van der Waals surface area contributed by atoms with E-state index >= 15 is 0 Å². The monoisotopic (exact) mass is 196 g/mol. The molecule has 0 radical (unpaired) electrons. The maximum Gasteiger partial charge on any atom is 0.328 e. The van der Waals surface area contributed by atoms with Crippen molar-refractivity contribution >= 4 is 11.9 Å². The van der Waals surface area contributed by atoms with Gasteiger partial charge in [0, 0.05) is 12.2 Å². The van der Waals surface area contributed by atoms with E-state index in [0.717, 1.165) is 12.2 Å². The van der Waals surface area contributed by atoms with Gasteiger partial charge in [0.2, 0.25) is 0 Å². The Morgan fingerprint density at radius 3 is 2.00 bits per heavy atom. The first kappa shape index (κ1) is 12.2. The fourth-order valence-corrected chi connectivity index (χ4v) is 0.689. The van der Waals surface area contributed by atoms with Gasteiger partial charge in [-0.15, -0.1) is 0 Å². The third kappa shape index (κ3) is 10.2. The highest BCUT2D eigenvalue weighted by atomic mass is 16.4. The Kier molecular flexibility index (Phi) is 6.77. The lowest BCUT2D eigenvalue weighted by molar-refractivity contribution is -0.132. The van der Waals surface area contributed by atoms with E-state index in [-0.39, 0.29) is 0 Å². The van der Waals surface area contributed by atoms with E-state index in [1.165, 1.54) is 6.08 Å². The first-order valence-corrected chi connectivity index (χ1v) is 4.08. The smallest absolute Gasteiger partial charge is 0.328 e. The van der Waals surface area contributed by atoms with Crippen molar-refractivity contribution in [2.75, 3.05) is 0 Å². The molecule has 0 spiro atoms. The molecule has 0 unspecified atom stereocenters. The Bertz CT molecular complexity index is 274. The lowest BCUT2D eigenvalue weighted by atomic mass is 10.2. The molecule has 0 aromatic rings. The fourth-order valence-electron chi connectivity index (χ4n) is 0.689. The molecule has 0 aliphatic rings. The normalized spacial score (nSPS) is 11.7. The van der Waals surface area contributed by atoms with Crippen LogP contribution in [-0.4, -0.2) is 22.2 Å². The summed E-state index contributed by atoms with van der Waals surface area (Å²) in [6.45, 7) is 0. The Balaban J connectivity index is 3.54. The summed E-state index contributed by atoms with van der Waals surface area (Å²) in [4.78, 5) is 20.0. The molecule has 0 fully saturated rings. The van der Waals surface area contributed by atoms with Crippen LogP contribution in [0, 0.1) is 0 Å². The van der Waals surface area contributed by atoms with Crippen LogP contribution in [0.15, 0.2) is 36.5 Å². The number of carboxylic acids is 2. The summed E-state index contributed by atoms with van der Waals surface area (Å²) in [6.07, 6.45) is 9.78. The molecule has 2 N–H and O–H groups in total. The van der Waals surface area contributed by atoms with Crippen molar-refractivity contribution in [3.63, 3.8) is 0 Å². The molecule has 4 heteroatoms. The highest BCUT2D eigenvalue weighted by Crippen LogP contribution is 1.93. The first-order chi connectivity index (χ1) is 6.63. The SMILES string of the molecule is O=C(O)C=CC=CCCC=CC(=O)O. The molecule has 0 aromatic heterocycles. The van der Waals surface area contributed by atoms with E-state index in [9.17, 15) is 9.59 Å². The van der Waals surface area contributed by atoms with Crippen molar-refractivity contribution in [3.8, 4) is 0 Å². The zero-order chi connectivity index (χ0) is 10.8. The summed E-state index contributed by atoms with van der Waals surface area (Å²) >= 11 is 0. The van der Waals surface area contributed by atoms with Gasteiger partial charge in [-0.25, -0.2) is 9.59 Å². The van der Waals surface area contributed by atoms with Gasteiger partial charge in [-0.1, -0.05) is 24.3 Å². The van der Waals surface area contributed by atoms with Crippen molar-refractivity contribution < 1.29 is 19.8 Å². The molecule has 76 valence electrons. The maximum atomic E-state index is 10.0. The van der Waals surface area contributed by atoms with E-state index in [0.29, 0.717) is 12.8 Å². The molecule has 4 nitrogen and oxygen atoms in total. The topological polar surface area (TPSA) is 74.6 Å². The second kappa shape index (κ2) is 7.79. The van der Waals surface area contributed by atoms with Crippen molar-refractivity contribution in [1.82, 2.24) is 0 Å². The molecule has 0 atom stereocenters. The number of rotatable bonds is 6. The van der Waals surface area contributed by atoms with Crippen LogP contribution in [0.1, 0.15) is 12.8 Å². The molecular formula is C10H12O4. The molecule has 0 aliphatic heterocycles. The Morgan fingerprint density at radius 2 is 1.43 bits per heavy atom. The van der Waals surface area contributed by atoms with Gasteiger partial charge in [-0.05, 0) is 12.8 Å². The predicted octanol–water partition coefficient (Wildman–Crippen LogP) is 1.60. The summed E-state index contributed by atoms with van der Waals surface area (Å²) in [6, 6.07) is 0. The minimum Gasteiger partial charge on any atom is -0.478 e. The van der Waals surface area contributed by atoms with Crippen molar-refractivity contribution in [1.29, 1.82) is 0 Å². The van der Waals surface area contributed by atoms with Gasteiger partial charge in [0.25, 0.3) is 0 Å². The summed E-state index contributed by atoms with van der Waals surface area (Å²) in [7, 11) is 0. The average molecular weight is 196 g/mol. The van der Waals surface area contributed by atoms with E-state index in [4.69, 9.17) is 10.2 Å². The fraction of sp³-hybridized carbons (Fsp3) is 0.200. The average Bonchev–Trinajstić information content (AvgIpc) is 2.08. The summed E-state index contributed by atoms with van der Waals surface area (Å²) in [5.74, 6) is -1.94. The first-order valence-electron chi connectivity index (χ1n) is 4.08. The van der Waals surface area contributed by atoms with Crippen LogP contribution >= 0.6 is 0 Å². The van der Waals surface area contributed by atoms with Crippen LogP contribution in [0.5, 0.6) is 0 Å². The largest absolute Gasteiger partial charge is 0.478 e. The Hall–Kier alpha value is -1.84. The predicted molar refractivity (Wildman–Crippen MR) is 51.9 cm³/mol. The summed E-state index contributed by atoms with van der Waals surface area (Å²) in [5.41, 5.74) is 0. The second-order valence-electron chi connectivity index (χ2n) is 2.44. The van der Waals surface area contributed by atoms with Crippen LogP contribution < -0.4 is 0 Å². The molecule has 0 bridgehead atoms. The Labute approximate surface area is 81.9 Å². The maximum absolute atomic E-state index is 10.0. The highest BCUT2D eigenvalue weighted by molar-refractivity contribution is 5.80. The number of carbonyl (C=O) groups is 2. The molecule has 0 aliphatic carbocycles. The number of aliphatic carboxylic acids is 2.